The van der Waals surface area contributed by atoms with E-state index < -0.39 is 29.4 Å². The zero-order valence-electron chi connectivity index (χ0n) is 12.6. The summed E-state index contributed by atoms with van der Waals surface area (Å²) in [7, 11) is 0. The van der Waals surface area contributed by atoms with Gasteiger partial charge in [0, 0.05) is 38.3 Å². The summed E-state index contributed by atoms with van der Waals surface area (Å²) in [4.78, 5) is 26.3. The third-order valence-corrected chi connectivity index (χ3v) is 4.29. The van der Waals surface area contributed by atoms with E-state index in [1.54, 1.807) is 4.90 Å². The summed E-state index contributed by atoms with van der Waals surface area (Å²) in [6, 6.07) is 2.10. The number of hydrogen-bond donors (Lipinski definition) is 1. The highest BCUT2D eigenvalue weighted by atomic mass is 19.4. The molecular weight excluding hydrogens is 330 g/mol. The van der Waals surface area contributed by atoms with Crippen LogP contribution in [0.1, 0.15) is 11.1 Å². The number of piperazine rings is 2. The maximum atomic E-state index is 13.8. The second kappa shape index (κ2) is 6.04. The maximum Gasteiger partial charge on any atom is 0.416 e. The van der Waals surface area contributed by atoms with Crippen LogP contribution < -0.4 is 5.32 Å². The lowest BCUT2D eigenvalue weighted by Crippen LogP contribution is -2.65. The topological polar surface area (TPSA) is 52.7 Å². The number of halogens is 4. The Morgan fingerprint density at radius 3 is 2.67 bits per heavy atom. The SMILES string of the molecule is O=C1NC[C@@H]2CN(Cc3cc(C(F)(F)F)ccc3F)CCN2C1=O. The summed E-state index contributed by atoms with van der Waals surface area (Å²) in [5, 5.41) is 2.48. The molecule has 0 aromatic heterocycles. The minimum atomic E-state index is -4.53. The van der Waals surface area contributed by atoms with Crippen molar-refractivity contribution >= 4 is 11.8 Å². The van der Waals surface area contributed by atoms with Crippen LogP contribution in [0.15, 0.2) is 18.2 Å². The molecule has 0 radical (unpaired) electrons. The molecule has 9 heteroatoms. The van der Waals surface area contributed by atoms with Crippen LogP contribution in [0.5, 0.6) is 0 Å². The molecule has 2 heterocycles. The molecule has 0 saturated carbocycles. The van der Waals surface area contributed by atoms with Crippen LogP contribution in [0.25, 0.3) is 0 Å². The van der Waals surface area contributed by atoms with Crippen molar-refractivity contribution in [3.05, 3.63) is 35.1 Å². The Kier molecular flexibility index (Phi) is 4.20. The number of fused-ring (bicyclic) bond motifs is 1. The van der Waals surface area contributed by atoms with Crippen molar-refractivity contribution in [3.8, 4) is 0 Å². The molecule has 24 heavy (non-hydrogen) atoms. The van der Waals surface area contributed by atoms with Gasteiger partial charge in [-0.3, -0.25) is 14.5 Å². The molecule has 2 saturated heterocycles. The molecular formula is C15H15F4N3O2. The molecule has 1 N–H and O–H groups in total. The number of carbonyl (C=O) groups excluding carboxylic acids is 2. The van der Waals surface area contributed by atoms with Crippen molar-refractivity contribution in [2.45, 2.75) is 18.8 Å². The third kappa shape index (κ3) is 3.21. The molecule has 3 rings (SSSR count). The van der Waals surface area contributed by atoms with E-state index >= 15 is 0 Å². The summed E-state index contributed by atoms with van der Waals surface area (Å²) in [6.45, 7) is 1.32. The number of alkyl halides is 3. The lowest BCUT2D eigenvalue weighted by Gasteiger charge is -2.43. The Labute approximate surface area is 135 Å². The highest BCUT2D eigenvalue weighted by molar-refractivity contribution is 6.35. The fraction of sp³-hybridized carbons (Fsp3) is 0.467. The van der Waals surface area contributed by atoms with Crippen molar-refractivity contribution in [2.75, 3.05) is 26.2 Å². The number of nitrogens with one attached hydrogen (secondary N) is 1. The first kappa shape index (κ1) is 16.7. The van der Waals surface area contributed by atoms with Crippen LogP contribution in [0, 0.1) is 5.82 Å². The van der Waals surface area contributed by atoms with Gasteiger partial charge in [-0.25, -0.2) is 4.39 Å². The van der Waals surface area contributed by atoms with E-state index in [0.717, 1.165) is 12.1 Å². The van der Waals surface area contributed by atoms with Gasteiger partial charge >= 0.3 is 18.0 Å². The Bertz CT molecular complexity index is 677. The third-order valence-electron chi connectivity index (χ3n) is 4.29. The van der Waals surface area contributed by atoms with Crippen LogP contribution in [-0.4, -0.2) is 53.8 Å². The van der Waals surface area contributed by atoms with Gasteiger partial charge in [-0.1, -0.05) is 0 Å². The number of benzene rings is 1. The molecule has 0 aliphatic carbocycles. The quantitative estimate of drug-likeness (QED) is 0.642. The minimum absolute atomic E-state index is 0.0161. The first-order valence-electron chi connectivity index (χ1n) is 7.42. The molecule has 1 aromatic carbocycles. The molecule has 2 aliphatic heterocycles. The molecule has 2 aliphatic rings. The predicted molar refractivity (Wildman–Crippen MR) is 75.2 cm³/mol. The van der Waals surface area contributed by atoms with Crippen LogP contribution in [0.3, 0.4) is 0 Å². The Morgan fingerprint density at radius 2 is 1.96 bits per heavy atom. The van der Waals surface area contributed by atoms with Crippen molar-refractivity contribution in [2.24, 2.45) is 0 Å². The Balaban J connectivity index is 1.72. The zero-order chi connectivity index (χ0) is 17.5. The smallest absolute Gasteiger partial charge is 0.346 e. The van der Waals surface area contributed by atoms with E-state index in [1.165, 1.54) is 4.90 Å². The summed E-state index contributed by atoms with van der Waals surface area (Å²) >= 11 is 0. The Hall–Kier alpha value is -2.16. The largest absolute Gasteiger partial charge is 0.416 e. The molecule has 0 spiro atoms. The highest BCUT2D eigenvalue weighted by Gasteiger charge is 2.38. The van der Waals surface area contributed by atoms with Gasteiger partial charge in [-0.2, -0.15) is 13.2 Å². The summed E-state index contributed by atoms with van der Waals surface area (Å²) in [5.41, 5.74) is -0.929. The van der Waals surface area contributed by atoms with Gasteiger partial charge in [0.05, 0.1) is 11.6 Å². The summed E-state index contributed by atoms with van der Waals surface area (Å²) in [5.74, 6) is -1.95. The zero-order valence-corrected chi connectivity index (χ0v) is 12.6. The normalized spacial score (nSPS) is 22.3. The molecule has 0 unspecified atom stereocenters. The van der Waals surface area contributed by atoms with Crippen molar-refractivity contribution in [1.29, 1.82) is 0 Å². The molecule has 2 amide bonds. The van der Waals surface area contributed by atoms with Crippen molar-refractivity contribution < 1.29 is 27.2 Å². The lowest BCUT2D eigenvalue weighted by molar-refractivity contribution is -0.152. The summed E-state index contributed by atoms with van der Waals surface area (Å²) < 4.78 is 52.1. The molecule has 130 valence electrons. The number of hydrogen-bond acceptors (Lipinski definition) is 3. The van der Waals surface area contributed by atoms with E-state index in [4.69, 9.17) is 0 Å². The summed E-state index contributed by atoms with van der Waals surface area (Å²) in [6.07, 6.45) is -4.53. The fourth-order valence-corrected chi connectivity index (χ4v) is 3.04. The van der Waals surface area contributed by atoms with Gasteiger partial charge in [0.1, 0.15) is 5.82 Å². The second-order valence-electron chi connectivity index (χ2n) is 5.90. The highest BCUT2D eigenvalue weighted by Crippen LogP contribution is 2.30. The van der Waals surface area contributed by atoms with E-state index in [1.807, 2.05) is 0 Å². The van der Waals surface area contributed by atoms with Crippen molar-refractivity contribution in [3.63, 3.8) is 0 Å². The van der Waals surface area contributed by atoms with Gasteiger partial charge in [0.15, 0.2) is 0 Å². The monoisotopic (exact) mass is 345 g/mol. The van der Waals surface area contributed by atoms with E-state index in [2.05, 4.69) is 5.32 Å². The Morgan fingerprint density at radius 1 is 1.21 bits per heavy atom. The van der Waals surface area contributed by atoms with Gasteiger partial charge in [0.25, 0.3) is 0 Å². The first-order chi connectivity index (χ1) is 11.3. The van der Waals surface area contributed by atoms with Crippen LogP contribution in [0.4, 0.5) is 17.6 Å². The molecule has 1 atom stereocenters. The van der Waals surface area contributed by atoms with Crippen LogP contribution in [0.2, 0.25) is 0 Å². The lowest BCUT2D eigenvalue weighted by atomic mass is 10.1. The molecule has 1 aromatic rings. The fourth-order valence-electron chi connectivity index (χ4n) is 3.04. The average molecular weight is 345 g/mol. The molecule has 2 fully saturated rings. The average Bonchev–Trinajstić information content (AvgIpc) is 2.52. The number of carbonyl (C=O) groups is 2. The first-order valence-corrected chi connectivity index (χ1v) is 7.42. The minimum Gasteiger partial charge on any atom is -0.346 e. The predicted octanol–water partition coefficient (Wildman–Crippen LogP) is 0.987. The van der Waals surface area contributed by atoms with Crippen LogP contribution in [-0.2, 0) is 22.3 Å². The van der Waals surface area contributed by atoms with Crippen LogP contribution >= 0.6 is 0 Å². The standard InChI is InChI=1S/C15H15F4N3O2/c16-12-2-1-10(15(17,18)19)5-9(12)7-21-3-4-22-11(8-21)6-20-13(23)14(22)24/h1-2,5,11H,3-4,6-8H2,(H,20,23)/t11-/m1/s1. The number of nitrogens with zero attached hydrogens (tertiary/aromatic N) is 2. The molecule has 5 nitrogen and oxygen atoms in total. The van der Waals surface area contributed by atoms with E-state index in [9.17, 15) is 27.2 Å². The molecule has 0 bridgehead atoms. The van der Waals surface area contributed by atoms with Gasteiger partial charge in [-0.05, 0) is 18.2 Å². The van der Waals surface area contributed by atoms with Crippen molar-refractivity contribution in [1.82, 2.24) is 15.1 Å². The maximum absolute atomic E-state index is 13.8. The number of rotatable bonds is 2. The van der Waals surface area contributed by atoms with Gasteiger partial charge in [0.2, 0.25) is 0 Å². The number of amides is 2. The van der Waals surface area contributed by atoms with Gasteiger partial charge in [-0.15, -0.1) is 0 Å². The van der Waals surface area contributed by atoms with E-state index in [0.29, 0.717) is 19.2 Å². The van der Waals surface area contributed by atoms with E-state index in [-0.39, 0.29) is 31.2 Å². The second-order valence-corrected chi connectivity index (χ2v) is 5.90. The van der Waals surface area contributed by atoms with Gasteiger partial charge < -0.3 is 10.2 Å².